The molecule has 0 heterocycles. The number of nitrogens with one attached hydrogen (secondary N) is 1. The van der Waals surface area contributed by atoms with E-state index in [2.05, 4.69) is 16.5 Å². The van der Waals surface area contributed by atoms with Gasteiger partial charge in [0.25, 0.3) is 0 Å². The lowest BCUT2D eigenvalue weighted by Crippen LogP contribution is -2.35. The van der Waals surface area contributed by atoms with Crippen LogP contribution in [0.4, 0.5) is 0 Å². The van der Waals surface area contributed by atoms with E-state index < -0.39 is 0 Å². The molecule has 5 nitrogen and oxygen atoms in total. The maximum Gasteiger partial charge on any atom is 0.144 e. The number of nitrogens with zero attached hydrogens (tertiary/aromatic N) is 1. The summed E-state index contributed by atoms with van der Waals surface area (Å²) in [5.41, 5.74) is 6.60. The van der Waals surface area contributed by atoms with Gasteiger partial charge in [0.2, 0.25) is 0 Å². The summed E-state index contributed by atoms with van der Waals surface area (Å²) < 4.78 is 5.19. The van der Waals surface area contributed by atoms with Crippen LogP contribution in [-0.2, 0) is 6.42 Å². The van der Waals surface area contributed by atoms with Crippen molar-refractivity contribution in [3.63, 3.8) is 0 Å². The Morgan fingerprint density at radius 2 is 2.15 bits per heavy atom. The van der Waals surface area contributed by atoms with Crippen LogP contribution in [0.2, 0.25) is 0 Å². The first-order chi connectivity index (χ1) is 9.49. The lowest BCUT2D eigenvalue weighted by Gasteiger charge is -2.22. The fourth-order valence-electron chi connectivity index (χ4n) is 1.85. The highest BCUT2D eigenvalue weighted by Gasteiger charge is 2.22. The van der Waals surface area contributed by atoms with Crippen LogP contribution in [0.25, 0.3) is 0 Å². The van der Waals surface area contributed by atoms with Crippen molar-refractivity contribution in [2.24, 2.45) is 16.3 Å². The Kier molecular flexibility index (Phi) is 6.31. The molecule has 0 spiro atoms. The molecule has 0 amide bonds. The van der Waals surface area contributed by atoms with Crippen LogP contribution in [-0.4, -0.2) is 31.2 Å². The van der Waals surface area contributed by atoms with Crippen LogP contribution in [0.1, 0.15) is 25.8 Å². The molecule has 1 aromatic rings. The minimum atomic E-state index is -0.294. The van der Waals surface area contributed by atoms with Gasteiger partial charge < -0.3 is 21.0 Å². The lowest BCUT2D eigenvalue weighted by atomic mass is 9.88. The molecule has 0 saturated carbocycles. The second-order valence-electron chi connectivity index (χ2n) is 5.47. The first-order valence-electron chi connectivity index (χ1n) is 6.81. The van der Waals surface area contributed by atoms with E-state index in [1.54, 1.807) is 7.11 Å². The van der Waals surface area contributed by atoms with Crippen molar-refractivity contribution >= 4 is 5.84 Å². The Balaban J connectivity index is 2.28. The smallest absolute Gasteiger partial charge is 0.144 e. The van der Waals surface area contributed by atoms with Gasteiger partial charge in [0.05, 0.1) is 7.11 Å². The highest BCUT2D eigenvalue weighted by molar-refractivity contribution is 5.85. The summed E-state index contributed by atoms with van der Waals surface area (Å²) in [6, 6.07) is 8.07. The summed E-state index contributed by atoms with van der Waals surface area (Å²) in [6.07, 6.45) is 1.77. The summed E-state index contributed by atoms with van der Waals surface area (Å²) in [7, 11) is 1.67. The summed E-state index contributed by atoms with van der Waals surface area (Å²) in [4.78, 5) is 0. The van der Waals surface area contributed by atoms with Crippen LogP contribution in [0.5, 0.6) is 5.75 Å². The number of methoxy groups -OCH3 is 1. The van der Waals surface area contributed by atoms with Gasteiger partial charge in [0.1, 0.15) is 11.6 Å². The average Bonchev–Trinajstić information content (AvgIpc) is 2.46. The molecule has 0 aliphatic heterocycles. The van der Waals surface area contributed by atoms with Gasteiger partial charge in [-0.3, -0.25) is 0 Å². The molecule has 0 fully saturated rings. The highest BCUT2D eigenvalue weighted by Crippen LogP contribution is 2.19. The van der Waals surface area contributed by atoms with E-state index in [1.165, 1.54) is 5.56 Å². The number of ether oxygens (including phenoxy) is 1. The zero-order valence-electron chi connectivity index (χ0n) is 12.5. The molecule has 112 valence electrons. The minimum absolute atomic E-state index is 0.270. The topological polar surface area (TPSA) is 79.9 Å². The van der Waals surface area contributed by atoms with Crippen LogP contribution in [0.15, 0.2) is 29.4 Å². The third kappa shape index (κ3) is 5.09. The number of oxime groups is 1. The monoisotopic (exact) mass is 279 g/mol. The third-order valence-electron chi connectivity index (χ3n) is 3.45. The van der Waals surface area contributed by atoms with Crippen LogP contribution < -0.4 is 15.8 Å². The zero-order chi connectivity index (χ0) is 15.0. The van der Waals surface area contributed by atoms with E-state index in [0.29, 0.717) is 0 Å². The molecule has 0 aliphatic carbocycles. The molecule has 4 N–H and O–H groups in total. The van der Waals surface area contributed by atoms with Gasteiger partial charge in [-0.1, -0.05) is 31.1 Å². The first-order valence-corrected chi connectivity index (χ1v) is 6.81. The number of rotatable bonds is 8. The number of hydrogen-bond acceptors (Lipinski definition) is 4. The van der Waals surface area contributed by atoms with Crippen molar-refractivity contribution in [2.45, 2.75) is 26.7 Å². The Morgan fingerprint density at radius 1 is 1.40 bits per heavy atom. The van der Waals surface area contributed by atoms with Crippen molar-refractivity contribution < 1.29 is 9.94 Å². The van der Waals surface area contributed by atoms with E-state index in [9.17, 15) is 0 Å². The van der Waals surface area contributed by atoms with Crippen LogP contribution >= 0.6 is 0 Å². The molecular weight excluding hydrogens is 254 g/mol. The van der Waals surface area contributed by atoms with E-state index in [-0.39, 0.29) is 11.3 Å². The molecule has 5 heteroatoms. The summed E-state index contributed by atoms with van der Waals surface area (Å²) in [5, 5.41) is 15.2. The molecule has 20 heavy (non-hydrogen) atoms. The molecule has 1 aromatic carbocycles. The standard InChI is InChI=1S/C15H25N3O2/c1-15(2,14(16)18-19)8-10-17-9-7-12-5-4-6-13(11-12)20-3/h4-6,11,17,19H,7-10H2,1-3H3,(H2,16,18). The number of nitrogens with two attached hydrogens (primary N) is 1. The van der Waals surface area contributed by atoms with Gasteiger partial charge >= 0.3 is 0 Å². The van der Waals surface area contributed by atoms with Gasteiger partial charge in [0, 0.05) is 5.41 Å². The summed E-state index contributed by atoms with van der Waals surface area (Å²) in [6.45, 7) is 5.64. The minimum Gasteiger partial charge on any atom is -0.497 e. The molecule has 0 atom stereocenters. The summed E-state index contributed by atoms with van der Waals surface area (Å²) >= 11 is 0. The molecule has 0 aromatic heterocycles. The summed E-state index contributed by atoms with van der Waals surface area (Å²) in [5.74, 6) is 1.16. The predicted molar refractivity (Wildman–Crippen MR) is 81.4 cm³/mol. The predicted octanol–water partition coefficient (Wildman–Crippen LogP) is 1.99. The fraction of sp³-hybridized carbons (Fsp3) is 0.533. The van der Waals surface area contributed by atoms with E-state index in [4.69, 9.17) is 15.7 Å². The molecule has 0 radical (unpaired) electrons. The largest absolute Gasteiger partial charge is 0.497 e. The van der Waals surface area contributed by atoms with Gasteiger partial charge in [-0.25, -0.2) is 0 Å². The molecule has 0 unspecified atom stereocenters. The van der Waals surface area contributed by atoms with Crippen molar-refractivity contribution in [1.29, 1.82) is 0 Å². The van der Waals surface area contributed by atoms with Gasteiger partial charge in [-0.15, -0.1) is 0 Å². The van der Waals surface area contributed by atoms with Gasteiger partial charge in [-0.2, -0.15) is 0 Å². The van der Waals surface area contributed by atoms with E-state index in [0.717, 1.165) is 31.7 Å². The Bertz CT molecular complexity index is 444. The van der Waals surface area contributed by atoms with Crippen molar-refractivity contribution in [2.75, 3.05) is 20.2 Å². The highest BCUT2D eigenvalue weighted by atomic mass is 16.5. The zero-order valence-corrected chi connectivity index (χ0v) is 12.5. The third-order valence-corrected chi connectivity index (χ3v) is 3.45. The maximum absolute atomic E-state index is 8.70. The number of hydrogen-bond donors (Lipinski definition) is 3. The number of amidine groups is 1. The molecular formula is C15H25N3O2. The second kappa shape index (κ2) is 7.75. The quantitative estimate of drug-likeness (QED) is 0.223. The molecule has 0 aliphatic rings. The Morgan fingerprint density at radius 3 is 2.80 bits per heavy atom. The molecule has 0 saturated heterocycles. The lowest BCUT2D eigenvalue weighted by molar-refractivity contribution is 0.305. The molecule has 0 bridgehead atoms. The number of benzene rings is 1. The van der Waals surface area contributed by atoms with Gasteiger partial charge in [-0.05, 0) is 43.6 Å². The van der Waals surface area contributed by atoms with Crippen molar-refractivity contribution in [3.05, 3.63) is 29.8 Å². The van der Waals surface area contributed by atoms with E-state index >= 15 is 0 Å². The van der Waals surface area contributed by atoms with Crippen molar-refractivity contribution in [3.8, 4) is 5.75 Å². The normalized spacial score (nSPS) is 12.4. The van der Waals surface area contributed by atoms with Crippen LogP contribution in [0, 0.1) is 5.41 Å². The van der Waals surface area contributed by atoms with Crippen molar-refractivity contribution in [1.82, 2.24) is 5.32 Å². The first kappa shape index (κ1) is 16.3. The molecule has 1 rings (SSSR count). The maximum atomic E-state index is 8.70. The SMILES string of the molecule is COc1cccc(CCNCCC(C)(C)/C(N)=N/O)c1. The van der Waals surface area contributed by atoms with Crippen LogP contribution in [0.3, 0.4) is 0 Å². The average molecular weight is 279 g/mol. The van der Waals surface area contributed by atoms with Gasteiger partial charge in [0.15, 0.2) is 0 Å². The van der Waals surface area contributed by atoms with E-state index in [1.807, 2.05) is 32.0 Å². The Labute approximate surface area is 120 Å². The Hall–Kier alpha value is -1.75. The fourth-order valence-corrected chi connectivity index (χ4v) is 1.85. The second-order valence-corrected chi connectivity index (χ2v) is 5.47.